The standard InChI is InChI=1S/C17H20N2O2.ClH/c1-11-14-4-2-3-5-15(14)21-16(11)17(20)19-12-6-7-13(19)10-18-9-8-12;/h2-5,12-13,18H,6-10H2,1H3;1H. The van der Waals surface area contributed by atoms with Gasteiger partial charge < -0.3 is 14.6 Å². The largest absolute Gasteiger partial charge is 0.451 e. The minimum Gasteiger partial charge on any atom is -0.451 e. The van der Waals surface area contributed by atoms with Crippen LogP contribution in [0.4, 0.5) is 0 Å². The van der Waals surface area contributed by atoms with E-state index in [0.29, 0.717) is 17.8 Å². The fourth-order valence-electron chi connectivity index (χ4n) is 3.81. The van der Waals surface area contributed by atoms with E-state index in [1.54, 1.807) is 0 Å². The number of halogens is 1. The summed E-state index contributed by atoms with van der Waals surface area (Å²) in [7, 11) is 0. The van der Waals surface area contributed by atoms with Crippen molar-refractivity contribution in [3.63, 3.8) is 0 Å². The van der Waals surface area contributed by atoms with E-state index in [9.17, 15) is 4.79 Å². The molecule has 5 heteroatoms. The summed E-state index contributed by atoms with van der Waals surface area (Å²) in [4.78, 5) is 15.1. The molecular weight excluding hydrogens is 300 g/mol. The first-order chi connectivity index (χ1) is 10.3. The minimum absolute atomic E-state index is 0. The van der Waals surface area contributed by atoms with Gasteiger partial charge in [0.2, 0.25) is 0 Å². The second-order valence-corrected chi connectivity index (χ2v) is 6.14. The number of nitrogens with one attached hydrogen (secondary N) is 1. The molecule has 2 aliphatic rings. The minimum atomic E-state index is 0. The Morgan fingerprint density at radius 2 is 2.00 bits per heavy atom. The van der Waals surface area contributed by atoms with Crippen LogP contribution in [-0.2, 0) is 0 Å². The molecule has 1 aromatic carbocycles. The topological polar surface area (TPSA) is 45.5 Å². The Balaban J connectivity index is 0.00000144. The molecule has 0 spiro atoms. The Kier molecular flexibility index (Phi) is 4.15. The molecule has 4 nitrogen and oxygen atoms in total. The molecule has 22 heavy (non-hydrogen) atoms. The lowest BCUT2D eigenvalue weighted by Crippen LogP contribution is -2.42. The number of benzene rings is 1. The molecule has 3 heterocycles. The van der Waals surface area contributed by atoms with Crippen LogP contribution in [0.25, 0.3) is 11.0 Å². The molecule has 1 N–H and O–H groups in total. The number of para-hydroxylation sites is 1. The quantitative estimate of drug-likeness (QED) is 0.878. The van der Waals surface area contributed by atoms with Gasteiger partial charge in [-0.25, -0.2) is 0 Å². The maximum absolute atomic E-state index is 13.0. The number of fused-ring (bicyclic) bond motifs is 3. The van der Waals surface area contributed by atoms with Crippen LogP contribution in [0.1, 0.15) is 35.4 Å². The summed E-state index contributed by atoms with van der Waals surface area (Å²) < 4.78 is 5.87. The molecule has 2 aliphatic heterocycles. The zero-order valence-corrected chi connectivity index (χ0v) is 13.5. The third-order valence-electron chi connectivity index (χ3n) is 4.93. The zero-order chi connectivity index (χ0) is 14.4. The smallest absolute Gasteiger partial charge is 0.290 e. The molecule has 2 unspecified atom stereocenters. The molecule has 2 aromatic rings. The summed E-state index contributed by atoms with van der Waals surface area (Å²) >= 11 is 0. The Labute approximate surface area is 136 Å². The second kappa shape index (κ2) is 5.94. The molecule has 2 saturated heterocycles. The highest BCUT2D eigenvalue weighted by atomic mass is 35.5. The highest BCUT2D eigenvalue weighted by molar-refractivity contribution is 5.99. The van der Waals surface area contributed by atoms with Crippen molar-refractivity contribution in [3.8, 4) is 0 Å². The number of furan rings is 1. The van der Waals surface area contributed by atoms with Gasteiger partial charge in [-0.1, -0.05) is 18.2 Å². The van der Waals surface area contributed by atoms with E-state index in [1.165, 1.54) is 0 Å². The summed E-state index contributed by atoms with van der Waals surface area (Å²) in [6, 6.07) is 8.56. The summed E-state index contributed by atoms with van der Waals surface area (Å²) in [5.74, 6) is 0.593. The maximum atomic E-state index is 13.0. The van der Waals surface area contributed by atoms with Gasteiger partial charge in [0.05, 0.1) is 0 Å². The number of nitrogens with zero attached hydrogens (tertiary/aromatic N) is 1. The van der Waals surface area contributed by atoms with Gasteiger partial charge >= 0.3 is 0 Å². The number of aryl methyl sites for hydroxylation is 1. The normalized spacial score (nSPS) is 24.1. The van der Waals surface area contributed by atoms with Crippen LogP contribution in [-0.4, -0.2) is 36.0 Å². The summed E-state index contributed by atoms with van der Waals surface area (Å²) in [5.41, 5.74) is 1.77. The van der Waals surface area contributed by atoms with Crippen LogP contribution in [0.5, 0.6) is 0 Å². The van der Waals surface area contributed by atoms with Crippen LogP contribution in [0.15, 0.2) is 28.7 Å². The monoisotopic (exact) mass is 320 g/mol. The first-order valence-electron chi connectivity index (χ1n) is 7.77. The van der Waals surface area contributed by atoms with Crippen molar-refractivity contribution >= 4 is 29.3 Å². The Bertz CT molecular complexity index is 683. The third-order valence-corrected chi connectivity index (χ3v) is 4.93. The van der Waals surface area contributed by atoms with E-state index in [4.69, 9.17) is 4.42 Å². The van der Waals surface area contributed by atoms with Gasteiger partial charge in [-0.3, -0.25) is 4.79 Å². The molecule has 118 valence electrons. The zero-order valence-electron chi connectivity index (χ0n) is 12.7. The fraction of sp³-hybridized carbons (Fsp3) is 0.471. The summed E-state index contributed by atoms with van der Waals surface area (Å²) in [5, 5.41) is 4.47. The van der Waals surface area contributed by atoms with Gasteiger partial charge in [0.15, 0.2) is 5.76 Å². The lowest BCUT2D eigenvalue weighted by atomic mass is 10.1. The average Bonchev–Trinajstić information content (AvgIpc) is 2.95. The Hall–Kier alpha value is -1.52. The van der Waals surface area contributed by atoms with E-state index >= 15 is 0 Å². The predicted molar refractivity (Wildman–Crippen MR) is 88.7 cm³/mol. The van der Waals surface area contributed by atoms with E-state index < -0.39 is 0 Å². The first kappa shape index (κ1) is 15.4. The molecule has 1 aromatic heterocycles. The lowest BCUT2D eigenvalue weighted by Gasteiger charge is -2.27. The van der Waals surface area contributed by atoms with E-state index in [0.717, 1.165) is 48.9 Å². The number of hydrogen-bond acceptors (Lipinski definition) is 3. The van der Waals surface area contributed by atoms with Crippen molar-refractivity contribution in [3.05, 3.63) is 35.6 Å². The molecule has 2 bridgehead atoms. The van der Waals surface area contributed by atoms with Crippen LogP contribution in [0.3, 0.4) is 0 Å². The second-order valence-electron chi connectivity index (χ2n) is 6.14. The van der Waals surface area contributed by atoms with Crippen LogP contribution < -0.4 is 5.32 Å². The molecule has 2 atom stereocenters. The Morgan fingerprint density at radius 3 is 2.82 bits per heavy atom. The molecule has 4 rings (SSSR count). The Morgan fingerprint density at radius 1 is 1.23 bits per heavy atom. The van der Waals surface area contributed by atoms with Crippen molar-refractivity contribution in [1.82, 2.24) is 10.2 Å². The maximum Gasteiger partial charge on any atom is 0.290 e. The van der Waals surface area contributed by atoms with Crippen molar-refractivity contribution in [1.29, 1.82) is 0 Å². The summed E-state index contributed by atoms with van der Waals surface area (Å²) in [6.45, 7) is 3.89. The molecular formula is C17H21ClN2O2. The molecule has 0 radical (unpaired) electrons. The van der Waals surface area contributed by atoms with Crippen molar-refractivity contribution < 1.29 is 9.21 Å². The number of hydrogen-bond donors (Lipinski definition) is 1. The lowest BCUT2D eigenvalue weighted by molar-refractivity contribution is 0.0649. The highest BCUT2D eigenvalue weighted by Gasteiger charge is 2.40. The predicted octanol–water partition coefficient (Wildman–Crippen LogP) is 3.13. The van der Waals surface area contributed by atoms with Crippen molar-refractivity contribution in [2.24, 2.45) is 0 Å². The van der Waals surface area contributed by atoms with Gasteiger partial charge in [0.25, 0.3) is 5.91 Å². The first-order valence-corrected chi connectivity index (χ1v) is 7.77. The van der Waals surface area contributed by atoms with Crippen LogP contribution in [0, 0.1) is 6.92 Å². The SMILES string of the molecule is Cc1c(C(=O)N2C3CCNCC2CC3)oc2ccccc12.Cl. The van der Waals surface area contributed by atoms with Crippen molar-refractivity contribution in [2.45, 2.75) is 38.3 Å². The molecule has 0 aliphatic carbocycles. The average molecular weight is 321 g/mol. The number of carbonyl (C=O) groups excluding carboxylic acids is 1. The van der Waals surface area contributed by atoms with Gasteiger partial charge in [-0.15, -0.1) is 12.4 Å². The van der Waals surface area contributed by atoms with E-state index in [2.05, 4.69) is 10.2 Å². The van der Waals surface area contributed by atoms with E-state index in [1.807, 2.05) is 31.2 Å². The van der Waals surface area contributed by atoms with Gasteiger partial charge in [-0.05, 0) is 38.8 Å². The van der Waals surface area contributed by atoms with E-state index in [-0.39, 0.29) is 18.3 Å². The third kappa shape index (κ3) is 2.31. The summed E-state index contributed by atoms with van der Waals surface area (Å²) in [6.07, 6.45) is 3.27. The van der Waals surface area contributed by atoms with Crippen molar-refractivity contribution in [2.75, 3.05) is 13.1 Å². The van der Waals surface area contributed by atoms with Gasteiger partial charge in [-0.2, -0.15) is 0 Å². The number of amides is 1. The highest BCUT2D eigenvalue weighted by Crippen LogP contribution is 2.32. The van der Waals surface area contributed by atoms with Gasteiger partial charge in [0, 0.05) is 29.6 Å². The molecule has 2 fully saturated rings. The van der Waals surface area contributed by atoms with Crippen LogP contribution >= 0.6 is 12.4 Å². The molecule has 0 saturated carbocycles. The molecule has 1 amide bonds. The fourth-order valence-corrected chi connectivity index (χ4v) is 3.81. The number of rotatable bonds is 1. The van der Waals surface area contributed by atoms with Gasteiger partial charge in [0.1, 0.15) is 5.58 Å². The number of carbonyl (C=O) groups is 1. The van der Waals surface area contributed by atoms with Crippen LogP contribution in [0.2, 0.25) is 0 Å².